The fourth-order valence-corrected chi connectivity index (χ4v) is 3.49. The summed E-state index contributed by atoms with van der Waals surface area (Å²) in [6.07, 6.45) is 1.45. The number of rotatable bonds is 9. The third-order valence-corrected chi connectivity index (χ3v) is 5.37. The molecule has 0 aliphatic carbocycles. The maximum Gasteiger partial charge on any atom is 0.224 e. The van der Waals surface area contributed by atoms with Gasteiger partial charge in [-0.25, -0.2) is 8.42 Å². The molecule has 6 nitrogen and oxygen atoms in total. The molecule has 0 saturated carbocycles. The molecule has 2 rings (SSSR count). The maximum absolute atomic E-state index is 12.1. The standard InChI is InChI=1S/C20H26N2O4S/c1-16-5-4-6-18(13-16)14-20(23)21-11-12-22(27(3,24)25)15-17-7-9-19(26-2)10-8-17/h4-10,13H,11-12,14-15H2,1-3H3,(H,21,23). The van der Waals surface area contributed by atoms with E-state index in [1.807, 2.05) is 43.3 Å². The van der Waals surface area contributed by atoms with Crippen LogP contribution in [0, 0.1) is 6.92 Å². The first-order valence-electron chi connectivity index (χ1n) is 8.68. The monoisotopic (exact) mass is 390 g/mol. The molecule has 0 aliphatic rings. The predicted molar refractivity (Wildman–Crippen MR) is 106 cm³/mol. The van der Waals surface area contributed by atoms with Crippen molar-refractivity contribution in [3.8, 4) is 5.75 Å². The summed E-state index contributed by atoms with van der Waals surface area (Å²) in [5, 5.41) is 2.79. The Balaban J connectivity index is 1.89. The van der Waals surface area contributed by atoms with Crippen LogP contribution in [0.3, 0.4) is 0 Å². The molecule has 0 radical (unpaired) electrons. The summed E-state index contributed by atoms with van der Waals surface area (Å²) in [6, 6.07) is 15.0. The number of hydrogen-bond acceptors (Lipinski definition) is 4. The van der Waals surface area contributed by atoms with Crippen LogP contribution in [0.15, 0.2) is 48.5 Å². The van der Waals surface area contributed by atoms with Gasteiger partial charge in [0.25, 0.3) is 0 Å². The summed E-state index contributed by atoms with van der Waals surface area (Å²) in [7, 11) is -1.81. The zero-order valence-electron chi connectivity index (χ0n) is 15.9. The minimum absolute atomic E-state index is 0.126. The molecule has 27 heavy (non-hydrogen) atoms. The zero-order chi connectivity index (χ0) is 19.9. The van der Waals surface area contributed by atoms with Crippen LogP contribution in [0.4, 0.5) is 0 Å². The van der Waals surface area contributed by atoms with E-state index in [-0.39, 0.29) is 32.0 Å². The Morgan fingerprint density at radius 3 is 2.41 bits per heavy atom. The maximum atomic E-state index is 12.1. The Kier molecular flexibility index (Phi) is 7.38. The average Bonchev–Trinajstić information content (AvgIpc) is 2.60. The van der Waals surface area contributed by atoms with Crippen molar-refractivity contribution in [3.05, 3.63) is 65.2 Å². The summed E-state index contributed by atoms with van der Waals surface area (Å²) in [5.74, 6) is 0.589. The third-order valence-electron chi connectivity index (χ3n) is 4.12. The molecule has 0 spiro atoms. The highest BCUT2D eigenvalue weighted by Crippen LogP contribution is 2.14. The summed E-state index contributed by atoms with van der Waals surface area (Å²) >= 11 is 0. The summed E-state index contributed by atoms with van der Waals surface area (Å²) in [6.45, 7) is 2.69. The molecule has 0 unspecified atom stereocenters. The van der Waals surface area contributed by atoms with Gasteiger partial charge in [-0.05, 0) is 30.2 Å². The van der Waals surface area contributed by atoms with E-state index in [0.29, 0.717) is 5.75 Å². The molecule has 0 heterocycles. The molecule has 0 aromatic heterocycles. The molecule has 0 fully saturated rings. The van der Waals surface area contributed by atoms with Crippen molar-refractivity contribution in [2.24, 2.45) is 0 Å². The lowest BCUT2D eigenvalue weighted by molar-refractivity contribution is -0.120. The van der Waals surface area contributed by atoms with Crippen LogP contribution < -0.4 is 10.1 Å². The Labute approximate surface area is 161 Å². The molecular weight excluding hydrogens is 364 g/mol. The predicted octanol–water partition coefficient (Wildman–Crippen LogP) is 2.12. The van der Waals surface area contributed by atoms with Crippen molar-refractivity contribution >= 4 is 15.9 Å². The molecule has 0 bridgehead atoms. The topological polar surface area (TPSA) is 75.7 Å². The van der Waals surface area contributed by atoms with E-state index < -0.39 is 10.0 Å². The van der Waals surface area contributed by atoms with Gasteiger partial charge in [0.05, 0.1) is 19.8 Å². The number of sulfonamides is 1. The SMILES string of the molecule is COc1ccc(CN(CCNC(=O)Cc2cccc(C)c2)S(C)(=O)=O)cc1. The van der Waals surface area contributed by atoms with E-state index in [1.54, 1.807) is 19.2 Å². The van der Waals surface area contributed by atoms with Gasteiger partial charge < -0.3 is 10.1 Å². The lowest BCUT2D eigenvalue weighted by Gasteiger charge is -2.20. The fourth-order valence-electron chi connectivity index (χ4n) is 2.69. The third kappa shape index (κ3) is 7.03. The van der Waals surface area contributed by atoms with Crippen molar-refractivity contribution < 1.29 is 17.9 Å². The Bertz CT molecular complexity index is 864. The van der Waals surface area contributed by atoms with Gasteiger partial charge in [0.1, 0.15) is 5.75 Å². The fraction of sp³-hybridized carbons (Fsp3) is 0.350. The van der Waals surface area contributed by atoms with Crippen molar-refractivity contribution in [1.29, 1.82) is 0 Å². The second-order valence-electron chi connectivity index (χ2n) is 6.46. The van der Waals surface area contributed by atoms with Crippen LogP contribution in [0.2, 0.25) is 0 Å². The first-order chi connectivity index (χ1) is 12.8. The van der Waals surface area contributed by atoms with Crippen LogP contribution >= 0.6 is 0 Å². The van der Waals surface area contributed by atoms with Crippen molar-refractivity contribution in [3.63, 3.8) is 0 Å². The number of nitrogens with zero attached hydrogens (tertiary/aromatic N) is 1. The number of carbonyl (C=O) groups excluding carboxylic acids is 1. The number of hydrogen-bond donors (Lipinski definition) is 1. The van der Waals surface area contributed by atoms with E-state index >= 15 is 0 Å². The number of aryl methyl sites for hydroxylation is 1. The van der Waals surface area contributed by atoms with Crippen molar-refractivity contribution in [1.82, 2.24) is 9.62 Å². The van der Waals surface area contributed by atoms with E-state index in [1.165, 1.54) is 10.6 Å². The van der Waals surface area contributed by atoms with Gasteiger partial charge in [0, 0.05) is 19.6 Å². The van der Waals surface area contributed by atoms with Crippen LogP contribution in [-0.4, -0.2) is 45.1 Å². The van der Waals surface area contributed by atoms with Crippen LogP contribution in [0.5, 0.6) is 5.75 Å². The molecule has 2 aromatic rings. The lowest BCUT2D eigenvalue weighted by atomic mass is 10.1. The molecule has 0 atom stereocenters. The van der Waals surface area contributed by atoms with E-state index in [2.05, 4.69) is 5.32 Å². The molecular formula is C20H26N2O4S. The Hall–Kier alpha value is -2.38. The van der Waals surface area contributed by atoms with Gasteiger partial charge in [0.2, 0.25) is 15.9 Å². The highest BCUT2D eigenvalue weighted by atomic mass is 32.2. The zero-order valence-corrected chi connectivity index (χ0v) is 16.8. The van der Waals surface area contributed by atoms with Crippen LogP contribution in [0.1, 0.15) is 16.7 Å². The highest BCUT2D eigenvalue weighted by molar-refractivity contribution is 7.88. The molecule has 146 valence electrons. The van der Waals surface area contributed by atoms with Crippen LogP contribution in [0.25, 0.3) is 0 Å². The Morgan fingerprint density at radius 1 is 1.11 bits per heavy atom. The largest absolute Gasteiger partial charge is 0.497 e. The highest BCUT2D eigenvalue weighted by Gasteiger charge is 2.17. The number of nitrogens with one attached hydrogen (secondary N) is 1. The van der Waals surface area contributed by atoms with Gasteiger partial charge in [-0.3, -0.25) is 4.79 Å². The second-order valence-corrected chi connectivity index (χ2v) is 8.44. The average molecular weight is 391 g/mol. The van der Waals surface area contributed by atoms with E-state index in [4.69, 9.17) is 4.74 Å². The van der Waals surface area contributed by atoms with E-state index in [9.17, 15) is 13.2 Å². The molecule has 7 heteroatoms. The minimum Gasteiger partial charge on any atom is -0.497 e. The van der Waals surface area contributed by atoms with Gasteiger partial charge in [-0.15, -0.1) is 0 Å². The summed E-state index contributed by atoms with van der Waals surface area (Å²) in [5.41, 5.74) is 2.89. The summed E-state index contributed by atoms with van der Waals surface area (Å²) < 4.78 is 30.6. The number of amides is 1. The van der Waals surface area contributed by atoms with Gasteiger partial charge in [-0.2, -0.15) is 4.31 Å². The number of benzene rings is 2. The van der Waals surface area contributed by atoms with Gasteiger partial charge in [0.15, 0.2) is 0 Å². The van der Waals surface area contributed by atoms with Crippen molar-refractivity contribution in [2.75, 3.05) is 26.5 Å². The molecule has 1 amide bonds. The first kappa shape index (κ1) is 20.9. The van der Waals surface area contributed by atoms with Crippen molar-refractivity contribution in [2.45, 2.75) is 19.9 Å². The van der Waals surface area contributed by atoms with Gasteiger partial charge in [-0.1, -0.05) is 42.0 Å². The minimum atomic E-state index is -3.39. The number of methoxy groups -OCH3 is 1. The lowest BCUT2D eigenvalue weighted by Crippen LogP contribution is -2.38. The summed E-state index contributed by atoms with van der Waals surface area (Å²) in [4.78, 5) is 12.1. The number of ether oxygens (including phenoxy) is 1. The van der Waals surface area contributed by atoms with Gasteiger partial charge >= 0.3 is 0 Å². The van der Waals surface area contributed by atoms with Crippen LogP contribution in [-0.2, 0) is 27.8 Å². The number of carbonyl (C=O) groups is 1. The Morgan fingerprint density at radius 2 is 1.81 bits per heavy atom. The smallest absolute Gasteiger partial charge is 0.224 e. The quantitative estimate of drug-likeness (QED) is 0.712. The van der Waals surface area contributed by atoms with E-state index in [0.717, 1.165) is 16.7 Å². The molecule has 1 N–H and O–H groups in total. The first-order valence-corrected chi connectivity index (χ1v) is 10.5. The molecule has 2 aromatic carbocycles. The molecule has 0 saturated heterocycles. The second kappa shape index (κ2) is 9.53. The molecule has 0 aliphatic heterocycles. The normalized spacial score (nSPS) is 11.4.